The van der Waals surface area contributed by atoms with Gasteiger partial charge >= 0.3 is 6.09 Å². The van der Waals surface area contributed by atoms with Crippen LogP contribution < -0.4 is 5.73 Å². The zero-order valence-electron chi connectivity index (χ0n) is 4.63. The summed E-state index contributed by atoms with van der Waals surface area (Å²) in [5.41, 5.74) is 4.63. The first-order chi connectivity index (χ1) is 3.66. The van der Waals surface area contributed by atoms with Gasteiger partial charge in [0.25, 0.3) is 0 Å². The van der Waals surface area contributed by atoms with Gasteiger partial charge in [0.2, 0.25) is 0 Å². The molecule has 0 spiro atoms. The summed E-state index contributed by atoms with van der Waals surface area (Å²) in [5.74, 6) is 0. The van der Waals surface area contributed by atoms with E-state index in [9.17, 15) is 4.79 Å². The van der Waals surface area contributed by atoms with Gasteiger partial charge in [0.15, 0.2) is 0 Å². The van der Waals surface area contributed by atoms with Gasteiger partial charge in [-0.05, 0) is 13.0 Å². The van der Waals surface area contributed by atoms with Crippen molar-refractivity contribution >= 4 is 6.09 Å². The van der Waals surface area contributed by atoms with E-state index in [0.717, 1.165) is 0 Å². The average Bonchev–Trinajstić information content (AvgIpc) is 1.65. The van der Waals surface area contributed by atoms with Gasteiger partial charge in [-0.3, -0.25) is 0 Å². The van der Waals surface area contributed by atoms with Gasteiger partial charge in [-0.25, -0.2) is 4.79 Å². The van der Waals surface area contributed by atoms with Gasteiger partial charge in [-0.2, -0.15) is 0 Å². The largest absolute Gasteiger partial charge is 0.442 e. The van der Waals surface area contributed by atoms with Gasteiger partial charge in [0.05, 0.1) is 0 Å². The third kappa shape index (κ3) is 3.21. The van der Waals surface area contributed by atoms with Gasteiger partial charge in [-0.1, -0.05) is 6.58 Å². The SMILES string of the molecule is [CH]=CC(C)OC(N)=O. The Morgan fingerprint density at radius 2 is 2.50 bits per heavy atom. The lowest BCUT2D eigenvalue weighted by Crippen LogP contribution is -2.18. The second kappa shape index (κ2) is 3.07. The lowest BCUT2D eigenvalue weighted by Gasteiger charge is -2.02. The molecule has 0 aromatic heterocycles. The maximum Gasteiger partial charge on any atom is 0.405 e. The number of carbonyl (C=O) groups excluding carboxylic acids is 1. The zero-order chi connectivity index (χ0) is 6.57. The molecule has 3 nitrogen and oxygen atoms in total. The summed E-state index contributed by atoms with van der Waals surface area (Å²) >= 11 is 0. The number of hydrogen-bond donors (Lipinski definition) is 1. The molecule has 0 bridgehead atoms. The quantitative estimate of drug-likeness (QED) is 0.567. The Hall–Kier alpha value is -0.990. The number of primary amides is 1. The average molecular weight is 114 g/mol. The van der Waals surface area contributed by atoms with E-state index < -0.39 is 12.2 Å². The Morgan fingerprint density at radius 1 is 2.00 bits per heavy atom. The summed E-state index contributed by atoms with van der Waals surface area (Å²) in [6, 6.07) is 0. The normalized spacial score (nSPS) is 12.1. The summed E-state index contributed by atoms with van der Waals surface area (Å²) in [5, 5.41) is 0. The van der Waals surface area contributed by atoms with Crippen LogP contribution in [-0.2, 0) is 4.74 Å². The topological polar surface area (TPSA) is 52.3 Å². The van der Waals surface area contributed by atoms with Crippen molar-refractivity contribution in [2.24, 2.45) is 5.73 Å². The molecule has 0 saturated heterocycles. The van der Waals surface area contributed by atoms with Crippen molar-refractivity contribution in [2.75, 3.05) is 0 Å². The summed E-state index contributed by atoms with van der Waals surface area (Å²) in [7, 11) is 0. The highest BCUT2D eigenvalue weighted by molar-refractivity contribution is 5.64. The summed E-state index contributed by atoms with van der Waals surface area (Å²) < 4.78 is 4.36. The molecule has 0 aliphatic heterocycles. The number of carbonyl (C=O) groups is 1. The van der Waals surface area contributed by atoms with E-state index in [1.165, 1.54) is 6.08 Å². The molecule has 0 heterocycles. The highest BCUT2D eigenvalue weighted by atomic mass is 16.6. The molecule has 2 N–H and O–H groups in total. The highest BCUT2D eigenvalue weighted by Crippen LogP contribution is 1.87. The van der Waals surface area contributed by atoms with E-state index in [2.05, 4.69) is 10.5 Å². The molecule has 3 heteroatoms. The Labute approximate surface area is 48.1 Å². The smallest absolute Gasteiger partial charge is 0.405 e. The maximum atomic E-state index is 9.89. The van der Waals surface area contributed by atoms with Crippen molar-refractivity contribution in [1.82, 2.24) is 0 Å². The van der Waals surface area contributed by atoms with Crippen LogP contribution in [0.15, 0.2) is 6.08 Å². The van der Waals surface area contributed by atoms with Crippen molar-refractivity contribution in [3.8, 4) is 0 Å². The molecular weight excluding hydrogens is 106 g/mol. The predicted molar refractivity (Wildman–Crippen MR) is 29.0 cm³/mol. The number of hydrogen-bond acceptors (Lipinski definition) is 2. The standard InChI is InChI=1S/C5H8NO2/c1-3-4(2)8-5(6)7/h1,3-4H,2H3,(H2,6,7). The van der Waals surface area contributed by atoms with Crippen LogP contribution in [0.2, 0.25) is 0 Å². The van der Waals surface area contributed by atoms with E-state index in [1.807, 2.05) is 0 Å². The van der Waals surface area contributed by atoms with Crippen LogP contribution in [0, 0.1) is 6.58 Å². The van der Waals surface area contributed by atoms with Crippen molar-refractivity contribution < 1.29 is 9.53 Å². The predicted octanol–water partition coefficient (Wildman–Crippen LogP) is 0.459. The van der Waals surface area contributed by atoms with Gasteiger partial charge in [-0.15, -0.1) is 0 Å². The van der Waals surface area contributed by atoms with Crippen molar-refractivity contribution in [2.45, 2.75) is 13.0 Å². The molecule has 0 saturated carbocycles. The second-order valence-electron chi connectivity index (χ2n) is 1.33. The third-order valence-corrected chi connectivity index (χ3v) is 0.573. The fourth-order valence-corrected chi connectivity index (χ4v) is 0.222. The lowest BCUT2D eigenvalue weighted by atomic mass is 10.4. The second-order valence-corrected chi connectivity index (χ2v) is 1.33. The van der Waals surface area contributed by atoms with E-state index in [1.54, 1.807) is 6.92 Å². The molecule has 0 aliphatic carbocycles. The monoisotopic (exact) mass is 114 g/mol. The van der Waals surface area contributed by atoms with Crippen molar-refractivity contribution in [3.63, 3.8) is 0 Å². The van der Waals surface area contributed by atoms with Crippen LogP contribution in [0.1, 0.15) is 6.92 Å². The molecule has 45 valence electrons. The number of rotatable bonds is 2. The van der Waals surface area contributed by atoms with E-state index in [-0.39, 0.29) is 0 Å². The first-order valence-electron chi connectivity index (χ1n) is 2.18. The molecule has 0 rings (SSSR count). The molecule has 0 fully saturated rings. The van der Waals surface area contributed by atoms with Crippen molar-refractivity contribution in [3.05, 3.63) is 12.7 Å². The number of nitrogens with two attached hydrogens (primary N) is 1. The van der Waals surface area contributed by atoms with Gasteiger partial charge in [0.1, 0.15) is 6.10 Å². The Morgan fingerprint density at radius 3 is 2.62 bits per heavy atom. The van der Waals surface area contributed by atoms with E-state index in [4.69, 9.17) is 6.58 Å². The molecule has 0 aromatic carbocycles. The zero-order valence-corrected chi connectivity index (χ0v) is 4.63. The molecule has 1 radical (unpaired) electrons. The molecule has 0 aliphatic rings. The highest BCUT2D eigenvalue weighted by Gasteiger charge is 1.97. The van der Waals surface area contributed by atoms with Crippen LogP contribution in [0.4, 0.5) is 4.79 Å². The fourth-order valence-electron chi connectivity index (χ4n) is 0.222. The van der Waals surface area contributed by atoms with Crippen LogP contribution in [0.3, 0.4) is 0 Å². The molecule has 1 atom stereocenters. The summed E-state index contributed by atoms with van der Waals surface area (Å²) in [4.78, 5) is 9.89. The van der Waals surface area contributed by atoms with Crippen LogP contribution in [0.5, 0.6) is 0 Å². The van der Waals surface area contributed by atoms with Crippen LogP contribution in [0.25, 0.3) is 0 Å². The maximum absolute atomic E-state index is 9.89. The Bertz CT molecular complexity index is 101. The number of ether oxygens (including phenoxy) is 1. The first kappa shape index (κ1) is 7.01. The molecular formula is C5H8NO2. The fraction of sp³-hybridized carbons (Fsp3) is 0.400. The minimum atomic E-state index is -0.806. The van der Waals surface area contributed by atoms with E-state index in [0.29, 0.717) is 0 Å². The van der Waals surface area contributed by atoms with Gasteiger partial charge < -0.3 is 10.5 Å². The van der Waals surface area contributed by atoms with E-state index >= 15 is 0 Å². The lowest BCUT2D eigenvalue weighted by molar-refractivity contribution is 0.137. The molecule has 1 amide bonds. The van der Waals surface area contributed by atoms with Gasteiger partial charge in [0, 0.05) is 0 Å². The Kier molecular flexibility index (Phi) is 2.69. The number of amides is 1. The molecule has 8 heavy (non-hydrogen) atoms. The summed E-state index contributed by atoms with van der Waals surface area (Å²) in [6.07, 6.45) is 0.0387. The Balaban J connectivity index is 3.38. The minimum Gasteiger partial charge on any atom is -0.442 e. The molecule has 0 aromatic rings. The third-order valence-electron chi connectivity index (χ3n) is 0.573. The minimum absolute atomic E-state index is 0.396. The first-order valence-corrected chi connectivity index (χ1v) is 2.18. The molecule has 1 unspecified atom stereocenters. The summed E-state index contributed by atoms with van der Waals surface area (Å²) in [6.45, 7) is 6.58. The van der Waals surface area contributed by atoms with Crippen LogP contribution in [-0.4, -0.2) is 12.2 Å². The van der Waals surface area contributed by atoms with Crippen LogP contribution >= 0.6 is 0 Å². The van der Waals surface area contributed by atoms with Crippen molar-refractivity contribution in [1.29, 1.82) is 0 Å².